The number of hydrogen-bond donors (Lipinski definition) is 2. The fraction of sp³-hybridized carbons (Fsp3) is 0.421. The van der Waals surface area contributed by atoms with Crippen molar-refractivity contribution in [2.24, 2.45) is 0 Å². The molecular formula is C19H22FN5O2. The van der Waals surface area contributed by atoms with Crippen LogP contribution in [0.15, 0.2) is 30.5 Å². The van der Waals surface area contributed by atoms with Crippen LogP contribution in [-0.2, 0) is 29.1 Å². The molecule has 0 saturated carbocycles. The van der Waals surface area contributed by atoms with Gasteiger partial charge >= 0.3 is 0 Å². The summed E-state index contributed by atoms with van der Waals surface area (Å²) in [6.45, 7) is 2.87. The summed E-state index contributed by atoms with van der Waals surface area (Å²) in [4.78, 5) is 29.0. The van der Waals surface area contributed by atoms with Crippen LogP contribution in [0.5, 0.6) is 0 Å². The Morgan fingerprint density at radius 3 is 2.89 bits per heavy atom. The Morgan fingerprint density at radius 2 is 2.07 bits per heavy atom. The maximum absolute atomic E-state index is 13.1. The smallest absolute Gasteiger partial charge is 0.237 e. The molecule has 3 heterocycles. The number of hydrogen-bond acceptors (Lipinski definition) is 4. The normalized spacial score (nSPS) is 20.3. The largest absolute Gasteiger partial charge is 0.353 e. The van der Waals surface area contributed by atoms with E-state index in [0.717, 1.165) is 23.2 Å². The maximum atomic E-state index is 13.1. The number of aromatic nitrogens is 2. The number of H-pyrrole nitrogens is 1. The number of aromatic amines is 1. The number of rotatable bonds is 4. The predicted octanol–water partition coefficient (Wildman–Crippen LogP) is 0.824. The topological polar surface area (TPSA) is 81.3 Å². The van der Waals surface area contributed by atoms with Crippen LogP contribution in [0.3, 0.4) is 0 Å². The molecule has 27 heavy (non-hydrogen) atoms. The zero-order chi connectivity index (χ0) is 18.8. The monoisotopic (exact) mass is 371 g/mol. The van der Waals surface area contributed by atoms with Gasteiger partial charge in [0.15, 0.2) is 0 Å². The molecule has 1 aromatic heterocycles. The molecule has 0 spiro atoms. The Kier molecular flexibility index (Phi) is 4.89. The van der Waals surface area contributed by atoms with Crippen molar-refractivity contribution >= 4 is 11.8 Å². The second kappa shape index (κ2) is 7.48. The molecule has 2 aliphatic heterocycles. The van der Waals surface area contributed by atoms with Crippen molar-refractivity contribution in [1.82, 2.24) is 25.3 Å². The first-order valence-corrected chi connectivity index (χ1v) is 9.15. The number of benzene rings is 1. The lowest BCUT2D eigenvalue weighted by molar-refractivity contribution is -0.139. The first kappa shape index (κ1) is 17.7. The minimum atomic E-state index is -0.512. The summed E-state index contributed by atoms with van der Waals surface area (Å²) < 4.78 is 13.1. The van der Waals surface area contributed by atoms with Gasteiger partial charge in [0.2, 0.25) is 11.8 Å². The van der Waals surface area contributed by atoms with Gasteiger partial charge in [-0.05, 0) is 17.7 Å². The zero-order valence-corrected chi connectivity index (χ0v) is 14.9. The van der Waals surface area contributed by atoms with Crippen molar-refractivity contribution in [1.29, 1.82) is 0 Å². The molecule has 1 fully saturated rings. The minimum absolute atomic E-state index is 0.0343. The van der Waals surface area contributed by atoms with Gasteiger partial charge in [-0.1, -0.05) is 12.1 Å². The van der Waals surface area contributed by atoms with E-state index < -0.39 is 6.04 Å². The van der Waals surface area contributed by atoms with Crippen LogP contribution in [0.4, 0.5) is 4.39 Å². The summed E-state index contributed by atoms with van der Waals surface area (Å²) in [6, 6.07) is 5.74. The summed E-state index contributed by atoms with van der Waals surface area (Å²) >= 11 is 0. The second-order valence-electron chi connectivity index (χ2n) is 7.05. The summed E-state index contributed by atoms with van der Waals surface area (Å²) in [5, 5.41) is 9.84. The Balaban J connectivity index is 1.43. The van der Waals surface area contributed by atoms with Crippen molar-refractivity contribution in [2.45, 2.75) is 32.0 Å². The molecule has 1 aromatic carbocycles. The number of halogens is 1. The molecule has 0 bridgehead atoms. The van der Waals surface area contributed by atoms with Gasteiger partial charge in [-0.25, -0.2) is 4.39 Å². The molecule has 7 nitrogen and oxygen atoms in total. The Morgan fingerprint density at radius 1 is 1.26 bits per heavy atom. The quantitative estimate of drug-likeness (QED) is 0.834. The molecule has 2 aromatic rings. The molecule has 4 rings (SSSR count). The van der Waals surface area contributed by atoms with E-state index in [4.69, 9.17) is 0 Å². The van der Waals surface area contributed by atoms with Crippen LogP contribution in [0.1, 0.15) is 23.2 Å². The molecule has 1 atom stereocenters. The molecule has 2 N–H and O–H groups in total. The fourth-order valence-electron chi connectivity index (χ4n) is 3.73. The lowest BCUT2D eigenvalue weighted by atomic mass is 10.0. The van der Waals surface area contributed by atoms with Gasteiger partial charge < -0.3 is 10.2 Å². The van der Waals surface area contributed by atoms with E-state index in [0.29, 0.717) is 32.7 Å². The Bertz CT molecular complexity index is 835. The number of fused-ring (bicyclic) bond motifs is 1. The van der Waals surface area contributed by atoms with Crippen LogP contribution >= 0.6 is 0 Å². The van der Waals surface area contributed by atoms with Crippen molar-refractivity contribution in [3.05, 3.63) is 53.1 Å². The van der Waals surface area contributed by atoms with Crippen molar-refractivity contribution in [3.8, 4) is 0 Å². The van der Waals surface area contributed by atoms with Gasteiger partial charge in [0.05, 0.1) is 18.7 Å². The number of carbonyl (C=O) groups excluding carboxylic acids is 2. The van der Waals surface area contributed by atoms with Crippen molar-refractivity contribution in [2.75, 3.05) is 19.6 Å². The number of amides is 2. The fourth-order valence-corrected chi connectivity index (χ4v) is 3.73. The van der Waals surface area contributed by atoms with E-state index in [2.05, 4.69) is 15.5 Å². The van der Waals surface area contributed by atoms with Crippen molar-refractivity contribution < 1.29 is 14.0 Å². The number of piperazine rings is 1. The average Bonchev–Trinajstić information content (AvgIpc) is 3.14. The Hall–Kier alpha value is -2.74. The molecule has 142 valence electrons. The molecule has 0 aliphatic carbocycles. The first-order valence-electron chi connectivity index (χ1n) is 9.15. The van der Waals surface area contributed by atoms with Gasteiger partial charge in [0.1, 0.15) is 5.82 Å². The van der Waals surface area contributed by atoms with Crippen LogP contribution < -0.4 is 5.32 Å². The molecule has 2 amide bonds. The third kappa shape index (κ3) is 3.85. The predicted molar refractivity (Wildman–Crippen MR) is 95.9 cm³/mol. The van der Waals surface area contributed by atoms with Gasteiger partial charge in [0, 0.05) is 50.4 Å². The highest BCUT2D eigenvalue weighted by molar-refractivity contribution is 5.89. The summed E-state index contributed by atoms with van der Waals surface area (Å²) in [6.07, 6.45) is 2.64. The molecule has 2 aliphatic rings. The molecular weight excluding hydrogens is 349 g/mol. The number of carbonyl (C=O) groups is 2. The number of nitrogens with zero attached hydrogens (tertiary/aromatic N) is 3. The lowest BCUT2D eigenvalue weighted by Gasteiger charge is -2.36. The lowest BCUT2D eigenvalue weighted by Crippen LogP contribution is -2.56. The number of nitrogens with one attached hydrogen (secondary N) is 2. The molecule has 1 saturated heterocycles. The van der Waals surface area contributed by atoms with Crippen LogP contribution in [-0.4, -0.2) is 57.5 Å². The highest BCUT2D eigenvalue weighted by Crippen LogP contribution is 2.20. The van der Waals surface area contributed by atoms with Gasteiger partial charge in [-0.15, -0.1) is 0 Å². The van der Waals surface area contributed by atoms with Gasteiger partial charge in [-0.3, -0.25) is 19.6 Å². The first-order chi connectivity index (χ1) is 13.1. The third-order valence-corrected chi connectivity index (χ3v) is 5.26. The highest BCUT2D eigenvalue weighted by atomic mass is 19.1. The van der Waals surface area contributed by atoms with E-state index in [-0.39, 0.29) is 24.1 Å². The van der Waals surface area contributed by atoms with Crippen LogP contribution in [0.2, 0.25) is 0 Å². The molecule has 0 unspecified atom stereocenters. The SMILES string of the molecule is O=C1NCCN(Cc2ccc(F)cc2)[C@@H]1CC(=O)N1CCc2[nH]ncc2C1. The second-order valence-corrected chi connectivity index (χ2v) is 7.05. The minimum Gasteiger partial charge on any atom is -0.353 e. The summed E-state index contributed by atoms with van der Waals surface area (Å²) in [7, 11) is 0. The van der Waals surface area contributed by atoms with E-state index in [1.165, 1.54) is 12.1 Å². The van der Waals surface area contributed by atoms with E-state index in [1.807, 2.05) is 4.90 Å². The standard InChI is InChI=1S/C19H22FN5O2/c20-15-3-1-13(2-4-15)11-24-8-6-21-19(27)17(24)9-18(26)25-7-5-16-14(12-25)10-22-23-16/h1-4,10,17H,5-9,11-12H2,(H,21,27)(H,22,23)/t17-/m1/s1. The third-order valence-electron chi connectivity index (χ3n) is 5.26. The molecule has 8 heteroatoms. The van der Waals surface area contributed by atoms with Gasteiger partial charge in [-0.2, -0.15) is 5.10 Å². The maximum Gasteiger partial charge on any atom is 0.237 e. The van der Waals surface area contributed by atoms with E-state index >= 15 is 0 Å². The van der Waals surface area contributed by atoms with Crippen LogP contribution in [0.25, 0.3) is 0 Å². The van der Waals surface area contributed by atoms with E-state index in [9.17, 15) is 14.0 Å². The van der Waals surface area contributed by atoms with Gasteiger partial charge in [0.25, 0.3) is 0 Å². The van der Waals surface area contributed by atoms with Crippen LogP contribution in [0, 0.1) is 5.82 Å². The van der Waals surface area contributed by atoms with E-state index in [1.54, 1.807) is 23.2 Å². The summed E-state index contributed by atoms with van der Waals surface area (Å²) in [5.74, 6) is -0.448. The zero-order valence-electron chi connectivity index (χ0n) is 14.9. The summed E-state index contributed by atoms with van der Waals surface area (Å²) in [5.41, 5.74) is 3.03. The molecule has 0 radical (unpaired) electrons. The van der Waals surface area contributed by atoms with Crippen molar-refractivity contribution in [3.63, 3.8) is 0 Å². The Labute approximate surface area is 156 Å². The highest BCUT2D eigenvalue weighted by Gasteiger charge is 2.33. The average molecular weight is 371 g/mol.